The Balaban J connectivity index is 1.40. The summed E-state index contributed by atoms with van der Waals surface area (Å²) in [7, 11) is 0. The van der Waals surface area contributed by atoms with Crippen LogP contribution >= 0.6 is 11.3 Å². The second-order valence-electron chi connectivity index (χ2n) is 9.58. The molecule has 0 saturated heterocycles. The maximum atomic E-state index is 13.9. The Hall–Kier alpha value is -5.33. The van der Waals surface area contributed by atoms with E-state index in [-0.39, 0.29) is 12.2 Å². The van der Waals surface area contributed by atoms with E-state index in [2.05, 4.69) is 21.2 Å². The van der Waals surface area contributed by atoms with Crippen molar-refractivity contribution in [2.75, 3.05) is 6.61 Å². The summed E-state index contributed by atoms with van der Waals surface area (Å²) in [4.78, 5) is 32.1. The molecule has 0 bridgehead atoms. The van der Waals surface area contributed by atoms with Gasteiger partial charge in [-0.2, -0.15) is 0 Å². The van der Waals surface area contributed by atoms with Crippen molar-refractivity contribution in [2.45, 2.75) is 19.9 Å². The number of hydrogen-bond donors (Lipinski definition) is 0. The lowest BCUT2D eigenvalue weighted by Gasteiger charge is -2.24. The van der Waals surface area contributed by atoms with Gasteiger partial charge in [0.05, 0.1) is 40.3 Å². The Morgan fingerprint density at radius 1 is 1.10 bits per heavy atom. The van der Waals surface area contributed by atoms with Crippen molar-refractivity contribution in [3.8, 4) is 29.3 Å². The zero-order chi connectivity index (χ0) is 29.2. The van der Waals surface area contributed by atoms with Crippen molar-refractivity contribution in [3.63, 3.8) is 0 Å². The molecule has 2 aromatic heterocycles. The van der Waals surface area contributed by atoms with Crippen LogP contribution in [0.3, 0.4) is 0 Å². The van der Waals surface area contributed by atoms with Gasteiger partial charge in [-0.05, 0) is 55.3 Å². The summed E-state index contributed by atoms with van der Waals surface area (Å²) in [6.45, 7) is 3.76. The molecule has 1 atom stereocenters. The van der Waals surface area contributed by atoms with E-state index < -0.39 is 12.0 Å². The van der Waals surface area contributed by atoms with E-state index in [9.17, 15) is 9.59 Å². The molecular weight excluding hydrogens is 546 g/mol. The van der Waals surface area contributed by atoms with Crippen molar-refractivity contribution in [1.29, 1.82) is 0 Å². The van der Waals surface area contributed by atoms with Crippen LogP contribution in [0.15, 0.2) is 106 Å². The number of fused-ring (bicyclic) bond motifs is 1. The molecule has 1 unspecified atom stereocenters. The van der Waals surface area contributed by atoms with E-state index in [4.69, 9.17) is 11.2 Å². The van der Waals surface area contributed by atoms with Gasteiger partial charge in [0.25, 0.3) is 5.56 Å². The SMILES string of the molecule is C#Cc1ccc(-c2cn(-c3cccc(/C=c4\sc5n(c4=O)C(c4ccccc4)C(C(=O)OCC)=C(C)N=5)c3)nn2)cc1. The van der Waals surface area contributed by atoms with E-state index in [1.54, 1.807) is 23.1 Å². The molecule has 0 saturated carbocycles. The van der Waals surface area contributed by atoms with Gasteiger partial charge in [-0.3, -0.25) is 9.36 Å². The number of thiazole rings is 1. The summed E-state index contributed by atoms with van der Waals surface area (Å²) >= 11 is 1.29. The molecule has 0 fully saturated rings. The van der Waals surface area contributed by atoms with Crippen molar-refractivity contribution in [2.24, 2.45) is 4.99 Å². The molecule has 0 spiro atoms. The quantitative estimate of drug-likeness (QED) is 0.227. The average molecular weight is 572 g/mol. The minimum atomic E-state index is -0.641. The van der Waals surface area contributed by atoms with Gasteiger partial charge in [0.1, 0.15) is 5.69 Å². The van der Waals surface area contributed by atoms with Crippen LogP contribution in [0.1, 0.15) is 36.6 Å². The van der Waals surface area contributed by atoms with Gasteiger partial charge in [0.15, 0.2) is 4.80 Å². The third-order valence-electron chi connectivity index (χ3n) is 6.91. The molecule has 0 amide bonds. The number of allylic oxidation sites excluding steroid dienone is 1. The summed E-state index contributed by atoms with van der Waals surface area (Å²) in [6, 6.07) is 24.1. The number of terminal acetylenes is 1. The number of carbonyl (C=O) groups excluding carboxylic acids is 1. The molecule has 0 aliphatic carbocycles. The zero-order valence-electron chi connectivity index (χ0n) is 22.9. The minimum Gasteiger partial charge on any atom is -0.463 e. The lowest BCUT2D eigenvalue weighted by molar-refractivity contribution is -0.139. The molecule has 42 heavy (non-hydrogen) atoms. The summed E-state index contributed by atoms with van der Waals surface area (Å²) in [5.74, 6) is 2.13. The Bertz CT molecular complexity index is 2060. The van der Waals surface area contributed by atoms with Crippen LogP contribution in [0.4, 0.5) is 0 Å². The van der Waals surface area contributed by atoms with Gasteiger partial charge >= 0.3 is 5.97 Å². The van der Waals surface area contributed by atoms with Gasteiger partial charge < -0.3 is 4.74 Å². The second-order valence-corrected chi connectivity index (χ2v) is 10.6. The molecule has 3 heterocycles. The normalized spacial score (nSPS) is 14.7. The number of aromatic nitrogens is 4. The first-order valence-electron chi connectivity index (χ1n) is 13.3. The summed E-state index contributed by atoms with van der Waals surface area (Å²) in [5, 5.41) is 8.61. The molecule has 8 nitrogen and oxygen atoms in total. The monoisotopic (exact) mass is 571 g/mol. The van der Waals surface area contributed by atoms with E-state index >= 15 is 0 Å². The number of hydrogen-bond acceptors (Lipinski definition) is 7. The third-order valence-corrected chi connectivity index (χ3v) is 7.89. The van der Waals surface area contributed by atoms with Gasteiger partial charge in [-0.25, -0.2) is 14.5 Å². The predicted octanol–water partition coefficient (Wildman–Crippen LogP) is 4.03. The summed E-state index contributed by atoms with van der Waals surface area (Å²) in [6.07, 6.45) is 9.14. The van der Waals surface area contributed by atoms with Gasteiger partial charge in [0, 0.05) is 11.1 Å². The van der Waals surface area contributed by atoms with Crippen LogP contribution < -0.4 is 14.9 Å². The van der Waals surface area contributed by atoms with Crippen molar-refractivity contribution in [3.05, 3.63) is 133 Å². The molecule has 1 aliphatic rings. The molecule has 0 N–H and O–H groups in total. The second kappa shape index (κ2) is 11.3. The first kappa shape index (κ1) is 26.9. The minimum absolute atomic E-state index is 0.225. The molecule has 5 aromatic rings. The fraction of sp³-hybridized carbons (Fsp3) is 0.121. The fourth-order valence-corrected chi connectivity index (χ4v) is 5.96. The van der Waals surface area contributed by atoms with Crippen LogP contribution in [-0.2, 0) is 9.53 Å². The van der Waals surface area contributed by atoms with Gasteiger partial charge in [-0.1, -0.05) is 77.1 Å². The smallest absolute Gasteiger partial charge is 0.338 e. The summed E-state index contributed by atoms with van der Waals surface area (Å²) in [5.41, 5.74) is 5.49. The highest BCUT2D eigenvalue weighted by atomic mass is 32.1. The molecule has 3 aromatic carbocycles. The van der Waals surface area contributed by atoms with E-state index in [0.717, 1.165) is 27.9 Å². The molecule has 0 radical (unpaired) electrons. The number of nitrogens with zero attached hydrogens (tertiary/aromatic N) is 5. The van der Waals surface area contributed by atoms with E-state index in [0.29, 0.717) is 26.3 Å². The lowest BCUT2D eigenvalue weighted by atomic mass is 9.96. The Labute approximate surface area is 245 Å². The van der Waals surface area contributed by atoms with Gasteiger partial charge in [0.2, 0.25) is 0 Å². The molecule has 1 aliphatic heterocycles. The maximum absolute atomic E-state index is 13.9. The number of benzene rings is 3. The lowest BCUT2D eigenvalue weighted by Crippen LogP contribution is -2.39. The topological polar surface area (TPSA) is 91.4 Å². The van der Waals surface area contributed by atoms with Gasteiger partial charge in [-0.15, -0.1) is 11.5 Å². The molecule has 206 valence electrons. The first-order valence-corrected chi connectivity index (χ1v) is 14.1. The van der Waals surface area contributed by atoms with E-state index in [1.807, 2.05) is 91.1 Å². The Morgan fingerprint density at radius 3 is 2.62 bits per heavy atom. The van der Waals surface area contributed by atoms with Crippen molar-refractivity contribution >= 4 is 23.4 Å². The van der Waals surface area contributed by atoms with E-state index in [1.165, 1.54) is 11.3 Å². The van der Waals surface area contributed by atoms with Crippen LogP contribution in [0, 0.1) is 12.3 Å². The Morgan fingerprint density at radius 2 is 1.88 bits per heavy atom. The molecule has 6 rings (SSSR count). The number of carbonyl (C=O) groups is 1. The number of rotatable bonds is 6. The Kier molecular flexibility index (Phi) is 7.21. The van der Waals surface area contributed by atoms with Crippen LogP contribution in [-0.4, -0.2) is 32.1 Å². The fourth-order valence-electron chi connectivity index (χ4n) is 4.91. The zero-order valence-corrected chi connectivity index (χ0v) is 23.7. The third kappa shape index (κ3) is 5.00. The highest BCUT2D eigenvalue weighted by Crippen LogP contribution is 2.30. The van der Waals surface area contributed by atoms with Crippen LogP contribution in [0.25, 0.3) is 23.0 Å². The van der Waals surface area contributed by atoms with Crippen LogP contribution in [0.5, 0.6) is 0 Å². The number of esters is 1. The standard InChI is InChI=1S/C33H25N5O3S/c1-4-22-14-16-24(17-15-22)27-20-37(36-35-27)26-13-9-10-23(18-26)19-28-31(39)38-30(25-11-7-6-8-12-25)29(32(40)41-5-2)21(3)34-33(38)42-28/h1,6-20,30H,5H2,2-3H3/b28-19-. The largest absolute Gasteiger partial charge is 0.463 e. The van der Waals surface area contributed by atoms with Crippen molar-refractivity contribution in [1.82, 2.24) is 19.6 Å². The molecular formula is C33H25N5O3S. The van der Waals surface area contributed by atoms with Crippen LogP contribution in [0.2, 0.25) is 0 Å². The highest BCUT2D eigenvalue weighted by Gasteiger charge is 2.33. The maximum Gasteiger partial charge on any atom is 0.338 e. The highest BCUT2D eigenvalue weighted by molar-refractivity contribution is 7.07. The predicted molar refractivity (Wildman–Crippen MR) is 162 cm³/mol. The summed E-state index contributed by atoms with van der Waals surface area (Å²) < 4.78 is 9.13. The first-order chi connectivity index (χ1) is 20.5. The average Bonchev–Trinajstić information content (AvgIpc) is 3.62. The molecule has 9 heteroatoms. The van der Waals surface area contributed by atoms with Crippen molar-refractivity contribution < 1.29 is 9.53 Å². The number of ether oxygens (including phenoxy) is 1.